The second-order valence-corrected chi connectivity index (χ2v) is 7.24. The molecule has 6 heteroatoms. The molecule has 2 amide bonds. The molecule has 1 aromatic carbocycles. The lowest BCUT2D eigenvalue weighted by Crippen LogP contribution is -2.32. The Labute approximate surface area is 135 Å². The first-order chi connectivity index (χ1) is 10.7. The number of hydrogen-bond donors (Lipinski definition) is 3. The topological polar surface area (TPSA) is 78.4 Å². The Morgan fingerprint density at radius 2 is 1.96 bits per heavy atom. The van der Waals surface area contributed by atoms with Gasteiger partial charge in [-0.1, -0.05) is 20.8 Å². The van der Waals surface area contributed by atoms with Crippen LogP contribution in [0.2, 0.25) is 0 Å². The molecule has 3 N–H and O–H groups in total. The molecule has 2 rings (SSSR count). The van der Waals surface area contributed by atoms with Gasteiger partial charge >= 0.3 is 0 Å². The first-order valence-electron chi connectivity index (χ1n) is 7.67. The summed E-state index contributed by atoms with van der Waals surface area (Å²) in [4.78, 5) is 24.1. The molecule has 0 heterocycles. The fourth-order valence-electron chi connectivity index (χ4n) is 2.03. The van der Waals surface area contributed by atoms with E-state index < -0.39 is 17.1 Å². The predicted octanol–water partition coefficient (Wildman–Crippen LogP) is 2.31. The van der Waals surface area contributed by atoms with Gasteiger partial charge in [-0.2, -0.15) is 0 Å². The van der Waals surface area contributed by atoms with Crippen LogP contribution in [0.3, 0.4) is 0 Å². The van der Waals surface area contributed by atoms with Crippen LogP contribution in [0, 0.1) is 16.6 Å². The zero-order valence-corrected chi connectivity index (χ0v) is 13.7. The molecule has 23 heavy (non-hydrogen) atoms. The van der Waals surface area contributed by atoms with Gasteiger partial charge in [0.2, 0.25) is 5.91 Å². The minimum Gasteiger partial charge on any atom is -0.396 e. The summed E-state index contributed by atoms with van der Waals surface area (Å²) in [5, 5.41) is 14.6. The molecule has 0 aliphatic heterocycles. The van der Waals surface area contributed by atoms with Crippen molar-refractivity contribution in [2.75, 3.05) is 18.5 Å². The predicted molar refractivity (Wildman–Crippen MR) is 85.6 cm³/mol. The number of aliphatic hydroxyl groups excluding tert-OH is 1. The van der Waals surface area contributed by atoms with Gasteiger partial charge in [-0.05, 0) is 31.0 Å². The lowest BCUT2D eigenvalue weighted by atomic mass is 9.95. The molecule has 0 atom stereocenters. The molecule has 126 valence electrons. The molecule has 0 bridgehead atoms. The number of hydrogen-bond acceptors (Lipinski definition) is 3. The van der Waals surface area contributed by atoms with Gasteiger partial charge in [0, 0.05) is 23.1 Å². The van der Waals surface area contributed by atoms with E-state index >= 15 is 0 Å². The molecular formula is C17H23FN2O3. The highest BCUT2D eigenvalue weighted by atomic mass is 19.1. The van der Waals surface area contributed by atoms with Crippen molar-refractivity contribution in [1.29, 1.82) is 0 Å². The first-order valence-corrected chi connectivity index (χ1v) is 7.67. The van der Waals surface area contributed by atoms with Gasteiger partial charge in [-0.15, -0.1) is 0 Å². The molecule has 0 unspecified atom stereocenters. The Kier molecular flexibility index (Phi) is 4.75. The van der Waals surface area contributed by atoms with E-state index in [9.17, 15) is 19.1 Å². The van der Waals surface area contributed by atoms with Crippen molar-refractivity contribution in [3.8, 4) is 0 Å². The van der Waals surface area contributed by atoms with E-state index in [-0.39, 0.29) is 23.5 Å². The van der Waals surface area contributed by atoms with Crippen molar-refractivity contribution in [2.24, 2.45) is 10.8 Å². The summed E-state index contributed by atoms with van der Waals surface area (Å²) in [5.41, 5.74) is -0.578. The lowest BCUT2D eigenvalue weighted by molar-refractivity contribution is -0.123. The van der Waals surface area contributed by atoms with Gasteiger partial charge in [-0.3, -0.25) is 9.59 Å². The average Bonchev–Trinajstić information content (AvgIpc) is 3.26. The maximum atomic E-state index is 13.9. The minimum absolute atomic E-state index is 0.0114. The SMILES string of the molecule is CC(C)(C)C(=O)Nc1ccc(F)c(C(=O)NCC2(CO)CC2)c1. The smallest absolute Gasteiger partial charge is 0.254 e. The summed E-state index contributed by atoms with van der Waals surface area (Å²) >= 11 is 0. The van der Waals surface area contributed by atoms with E-state index in [1.165, 1.54) is 12.1 Å². The van der Waals surface area contributed by atoms with Crippen LogP contribution in [0.25, 0.3) is 0 Å². The third-order valence-electron chi connectivity index (χ3n) is 4.07. The molecule has 0 saturated heterocycles. The Hall–Kier alpha value is -1.95. The van der Waals surface area contributed by atoms with Crippen molar-refractivity contribution in [2.45, 2.75) is 33.6 Å². The molecule has 1 aliphatic rings. The minimum atomic E-state index is -0.648. The second-order valence-electron chi connectivity index (χ2n) is 7.24. The van der Waals surface area contributed by atoms with E-state index in [4.69, 9.17) is 0 Å². The highest BCUT2D eigenvalue weighted by molar-refractivity contribution is 5.98. The van der Waals surface area contributed by atoms with Crippen molar-refractivity contribution < 1.29 is 19.1 Å². The summed E-state index contributed by atoms with van der Waals surface area (Å²) in [6, 6.07) is 3.91. The summed E-state index contributed by atoms with van der Waals surface area (Å²) in [6.07, 6.45) is 1.71. The third kappa shape index (κ3) is 4.28. The zero-order chi connectivity index (χ0) is 17.3. The molecule has 0 spiro atoms. The van der Waals surface area contributed by atoms with Crippen LogP contribution in [0.15, 0.2) is 18.2 Å². The van der Waals surface area contributed by atoms with E-state index in [0.29, 0.717) is 12.2 Å². The molecule has 1 aliphatic carbocycles. The van der Waals surface area contributed by atoms with Crippen LogP contribution in [0.1, 0.15) is 44.0 Å². The van der Waals surface area contributed by atoms with Crippen LogP contribution in [-0.2, 0) is 4.79 Å². The number of rotatable bonds is 5. The second kappa shape index (κ2) is 6.28. The van der Waals surface area contributed by atoms with Crippen molar-refractivity contribution >= 4 is 17.5 Å². The van der Waals surface area contributed by atoms with Crippen LogP contribution in [0.5, 0.6) is 0 Å². The van der Waals surface area contributed by atoms with Crippen molar-refractivity contribution in [1.82, 2.24) is 5.32 Å². The third-order valence-corrected chi connectivity index (χ3v) is 4.07. The molecule has 0 aromatic heterocycles. The molecule has 1 aromatic rings. The fourth-order valence-corrected chi connectivity index (χ4v) is 2.03. The fraction of sp³-hybridized carbons (Fsp3) is 0.529. The Bertz CT molecular complexity index is 619. The summed E-state index contributed by atoms with van der Waals surface area (Å²) in [5.74, 6) is -1.41. The first kappa shape index (κ1) is 17.4. The largest absolute Gasteiger partial charge is 0.396 e. The quantitative estimate of drug-likeness (QED) is 0.778. The molecule has 5 nitrogen and oxygen atoms in total. The summed E-state index contributed by atoms with van der Waals surface area (Å²) < 4.78 is 13.9. The summed E-state index contributed by atoms with van der Waals surface area (Å²) in [6.45, 7) is 5.63. The maximum absolute atomic E-state index is 13.9. The number of carbonyl (C=O) groups excluding carboxylic acids is 2. The number of anilines is 1. The molecular weight excluding hydrogens is 299 g/mol. The van der Waals surface area contributed by atoms with Gasteiger partial charge in [0.05, 0.1) is 12.2 Å². The average molecular weight is 322 g/mol. The Morgan fingerprint density at radius 3 is 2.48 bits per heavy atom. The van der Waals surface area contributed by atoms with E-state index in [2.05, 4.69) is 10.6 Å². The lowest BCUT2D eigenvalue weighted by Gasteiger charge is -2.18. The van der Waals surface area contributed by atoms with Crippen LogP contribution in [-0.4, -0.2) is 30.1 Å². The van der Waals surface area contributed by atoms with Crippen molar-refractivity contribution in [3.63, 3.8) is 0 Å². The number of aliphatic hydroxyl groups is 1. The van der Waals surface area contributed by atoms with Crippen LogP contribution in [0.4, 0.5) is 10.1 Å². The molecule has 1 saturated carbocycles. The monoisotopic (exact) mass is 322 g/mol. The normalized spacial score (nSPS) is 15.9. The standard InChI is InChI=1S/C17H23FN2O3/c1-16(2,3)15(23)20-11-4-5-13(18)12(8-11)14(22)19-9-17(10-21)6-7-17/h4-5,8,21H,6-7,9-10H2,1-3H3,(H,19,22)(H,20,23). The molecule has 1 fully saturated rings. The van der Waals surface area contributed by atoms with Gasteiger partial charge in [0.1, 0.15) is 5.82 Å². The highest BCUT2D eigenvalue weighted by Gasteiger charge is 2.42. The zero-order valence-electron chi connectivity index (χ0n) is 13.7. The van der Waals surface area contributed by atoms with Gasteiger partial charge in [-0.25, -0.2) is 4.39 Å². The number of halogens is 1. The Balaban J connectivity index is 2.07. The van der Waals surface area contributed by atoms with Crippen LogP contribution >= 0.6 is 0 Å². The van der Waals surface area contributed by atoms with Gasteiger partial charge in [0.25, 0.3) is 5.91 Å². The van der Waals surface area contributed by atoms with Crippen molar-refractivity contribution in [3.05, 3.63) is 29.6 Å². The van der Waals surface area contributed by atoms with E-state index in [1.807, 2.05) is 0 Å². The van der Waals surface area contributed by atoms with E-state index in [0.717, 1.165) is 18.9 Å². The number of carbonyl (C=O) groups is 2. The van der Waals surface area contributed by atoms with Crippen LogP contribution < -0.4 is 10.6 Å². The maximum Gasteiger partial charge on any atom is 0.254 e. The Morgan fingerprint density at radius 1 is 1.30 bits per heavy atom. The number of benzene rings is 1. The van der Waals surface area contributed by atoms with Gasteiger partial charge in [0.15, 0.2) is 0 Å². The summed E-state index contributed by atoms with van der Waals surface area (Å²) in [7, 11) is 0. The van der Waals surface area contributed by atoms with Gasteiger partial charge < -0.3 is 15.7 Å². The molecule has 0 radical (unpaired) electrons. The van der Waals surface area contributed by atoms with E-state index in [1.54, 1.807) is 20.8 Å². The number of nitrogens with one attached hydrogen (secondary N) is 2. The number of amides is 2. The highest BCUT2D eigenvalue weighted by Crippen LogP contribution is 2.44.